The maximum absolute atomic E-state index is 13.4. The van der Waals surface area contributed by atoms with Crippen LogP contribution in [0.4, 0.5) is 4.39 Å². The number of likely N-dealkylation sites (tertiary alicyclic amines) is 1. The van der Waals surface area contributed by atoms with E-state index in [4.69, 9.17) is 4.99 Å². The minimum atomic E-state index is -0.491. The third-order valence-corrected chi connectivity index (χ3v) is 5.16. The Morgan fingerprint density at radius 3 is 2.65 bits per heavy atom. The van der Waals surface area contributed by atoms with Gasteiger partial charge in [-0.25, -0.2) is 4.39 Å². The lowest BCUT2D eigenvalue weighted by Crippen LogP contribution is -2.50. The molecule has 4 rings (SSSR count). The molecule has 26 heavy (non-hydrogen) atoms. The second-order valence-electron chi connectivity index (χ2n) is 7.22. The predicted octanol–water partition coefficient (Wildman–Crippen LogP) is 3.05. The van der Waals surface area contributed by atoms with Gasteiger partial charge in [0.2, 0.25) is 0 Å². The molecule has 0 atom stereocenters. The highest BCUT2D eigenvalue weighted by Crippen LogP contribution is 2.29. The SMILES string of the molecule is Cc1cccc(C2=NC3(CCN(Cc4cccc(F)c4)CC3)NC2=O)c1. The molecule has 0 unspecified atom stereocenters. The summed E-state index contributed by atoms with van der Waals surface area (Å²) in [5.41, 5.74) is 3.01. The van der Waals surface area contributed by atoms with E-state index in [0.29, 0.717) is 5.71 Å². The number of halogens is 1. The molecule has 4 nitrogen and oxygen atoms in total. The van der Waals surface area contributed by atoms with E-state index in [9.17, 15) is 9.18 Å². The number of carbonyl (C=O) groups is 1. The van der Waals surface area contributed by atoms with E-state index in [1.165, 1.54) is 6.07 Å². The normalized spacial score (nSPS) is 19.5. The lowest BCUT2D eigenvalue weighted by Gasteiger charge is -2.37. The van der Waals surface area contributed by atoms with Crippen LogP contribution in [-0.4, -0.2) is 35.3 Å². The molecule has 0 bridgehead atoms. The van der Waals surface area contributed by atoms with Gasteiger partial charge in [-0.3, -0.25) is 14.7 Å². The third-order valence-electron chi connectivity index (χ3n) is 5.16. The fourth-order valence-electron chi connectivity index (χ4n) is 3.76. The first-order chi connectivity index (χ1) is 12.5. The first-order valence-corrected chi connectivity index (χ1v) is 8.99. The molecule has 2 aliphatic heterocycles. The summed E-state index contributed by atoms with van der Waals surface area (Å²) in [6.45, 7) is 4.37. The molecule has 134 valence electrons. The van der Waals surface area contributed by atoms with E-state index < -0.39 is 5.66 Å². The van der Waals surface area contributed by atoms with Gasteiger partial charge in [-0.1, -0.05) is 35.9 Å². The van der Waals surface area contributed by atoms with Crippen LogP contribution >= 0.6 is 0 Å². The van der Waals surface area contributed by atoms with Crippen LogP contribution in [0.1, 0.15) is 29.5 Å². The summed E-state index contributed by atoms with van der Waals surface area (Å²) < 4.78 is 13.4. The second kappa shape index (κ2) is 6.65. The van der Waals surface area contributed by atoms with E-state index in [0.717, 1.165) is 49.2 Å². The molecule has 2 aliphatic rings. The zero-order valence-corrected chi connectivity index (χ0v) is 14.8. The largest absolute Gasteiger partial charge is 0.326 e. The van der Waals surface area contributed by atoms with Gasteiger partial charge < -0.3 is 5.32 Å². The first kappa shape index (κ1) is 16.9. The number of benzene rings is 2. The van der Waals surface area contributed by atoms with Crippen LogP contribution in [0, 0.1) is 12.7 Å². The highest BCUT2D eigenvalue weighted by atomic mass is 19.1. The molecule has 0 aliphatic carbocycles. The number of nitrogens with one attached hydrogen (secondary N) is 1. The smallest absolute Gasteiger partial charge is 0.272 e. The molecule has 2 aromatic rings. The lowest BCUT2D eigenvalue weighted by atomic mass is 9.97. The molecule has 1 N–H and O–H groups in total. The standard InChI is InChI=1S/C21H22FN3O/c1-15-4-2-6-17(12-15)19-20(26)24-21(23-19)8-10-25(11-9-21)14-16-5-3-7-18(22)13-16/h2-7,12-13H,8-11,14H2,1H3,(H,24,26). The summed E-state index contributed by atoms with van der Waals surface area (Å²) >= 11 is 0. The van der Waals surface area contributed by atoms with E-state index in [2.05, 4.69) is 10.2 Å². The van der Waals surface area contributed by atoms with Crippen molar-refractivity contribution in [3.63, 3.8) is 0 Å². The molecule has 0 aromatic heterocycles. The Morgan fingerprint density at radius 2 is 1.92 bits per heavy atom. The van der Waals surface area contributed by atoms with Gasteiger partial charge in [0, 0.05) is 38.0 Å². The van der Waals surface area contributed by atoms with Crippen molar-refractivity contribution in [2.45, 2.75) is 32.0 Å². The van der Waals surface area contributed by atoms with Gasteiger partial charge >= 0.3 is 0 Å². The van der Waals surface area contributed by atoms with Crippen LogP contribution < -0.4 is 5.32 Å². The van der Waals surface area contributed by atoms with E-state index in [1.54, 1.807) is 12.1 Å². The van der Waals surface area contributed by atoms with E-state index >= 15 is 0 Å². The van der Waals surface area contributed by atoms with Gasteiger partial charge in [0.05, 0.1) is 0 Å². The number of piperidine rings is 1. The Bertz CT molecular complexity index is 869. The Balaban J connectivity index is 1.46. The highest BCUT2D eigenvalue weighted by Gasteiger charge is 2.42. The van der Waals surface area contributed by atoms with Crippen molar-refractivity contribution in [2.24, 2.45) is 4.99 Å². The zero-order valence-electron chi connectivity index (χ0n) is 14.8. The number of carbonyl (C=O) groups excluding carboxylic acids is 1. The van der Waals surface area contributed by atoms with Crippen LogP contribution in [0.3, 0.4) is 0 Å². The lowest BCUT2D eigenvalue weighted by molar-refractivity contribution is -0.115. The van der Waals surface area contributed by atoms with Gasteiger partial charge in [-0.2, -0.15) is 0 Å². The van der Waals surface area contributed by atoms with Crippen molar-refractivity contribution >= 4 is 11.6 Å². The highest BCUT2D eigenvalue weighted by molar-refractivity contribution is 6.46. The minimum Gasteiger partial charge on any atom is -0.326 e. The van der Waals surface area contributed by atoms with Gasteiger partial charge in [-0.15, -0.1) is 0 Å². The van der Waals surface area contributed by atoms with Crippen LogP contribution in [0.15, 0.2) is 53.5 Å². The Kier molecular flexibility index (Phi) is 4.32. The average molecular weight is 351 g/mol. The molecule has 1 amide bonds. The van der Waals surface area contributed by atoms with Gasteiger partial charge in [0.15, 0.2) is 0 Å². The maximum Gasteiger partial charge on any atom is 0.272 e. The Hall–Kier alpha value is -2.53. The molecular formula is C21H22FN3O. The number of amides is 1. The van der Waals surface area contributed by atoms with Gasteiger partial charge in [0.25, 0.3) is 5.91 Å². The quantitative estimate of drug-likeness (QED) is 0.924. The van der Waals surface area contributed by atoms with Crippen molar-refractivity contribution in [3.8, 4) is 0 Å². The molecule has 2 heterocycles. The summed E-state index contributed by atoms with van der Waals surface area (Å²) in [4.78, 5) is 19.6. The number of nitrogens with zero attached hydrogens (tertiary/aromatic N) is 2. The summed E-state index contributed by atoms with van der Waals surface area (Å²) in [7, 11) is 0. The van der Waals surface area contributed by atoms with E-state index in [-0.39, 0.29) is 11.7 Å². The fourth-order valence-corrected chi connectivity index (χ4v) is 3.76. The fraction of sp³-hybridized carbons (Fsp3) is 0.333. The summed E-state index contributed by atoms with van der Waals surface area (Å²) in [6.07, 6.45) is 1.53. The maximum atomic E-state index is 13.4. The van der Waals surface area contributed by atoms with Crippen molar-refractivity contribution in [1.29, 1.82) is 0 Å². The molecule has 1 fully saturated rings. The van der Waals surface area contributed by atoms with Gasteiger partial charge in [0.1, 0.15) is 17.2 Å². The number of aliphatic imine (C=N–C) groups is 1. The Labute approximate surface area is 152 Å². The molecular weight excluding hydrogens is 329 g/mol. The van der Waals surface area contributed by atoms with Crippen LogP contribution in [-0.2, 0) is 11.3 Å². The predicted molar refractivity (Wildman–Crippen MR) is 99.5 cm³/mol. The van der Waals surface area contributed by atoms with Crippen molar-refractivity contribution in [2.75, 3.05) is 13.1 Å². The molecule has 0 radical (unpaired) electrons. The first-order valence-electron chi connectivity index (χ1n) is 8.99. The number of rotatable bonds is 3. The third kappa shape index (κ3) is 3.40. The molecule has 2 aromatic carbocycles. The average Bonchev–Trinajstić information content (AvgIpc) is 2.94. The van der Waals surface area contributed by atoms with Gasteiger partial charge in [-0.05, 0) is 30.7 Å². The van der Waals surface area contributed by atoms with Crippen LogP contribution in [0.2, 0.25) is 0 Å². The summed E-state index contributed by atoms with van der Waals surface area (Å²) in [5.74, 6) is -0.291. The molecule has 0 saturated carbocycles. The zero-order chi connectivity index (χ0) is 18.1. The summed E-state index contributed by atoms with van der Waals surface area (Å²) in [5, 5.41) is 3.10. The topological polar surface area (TPSA) is 44.7 Å². The number of hydrogen-bond acceptors (Lipinski definition) is 3. The van der Waals surface area contributed by atoms with Crippen molar-refractivity contribution in [3.05, 3.63) is 71.0 Å². The molecule has 5 heteroatoms. The number of aryl methyl sites for hydroxylation is 1. The van der Waals surface area contributed by atoms with E-state index in [1.807, 2.05) is 37.3 Å². The molecule has 1 saturated heterocycles. The number of hydrogen-bond donors (Lipinski definition) is 1. The second-order valence-corrected chi connectivity index (χ2v) is 7.22. The van der Waals surface area contributed by atoms with Crippen molar-refractivity contribution in [1.82, 2.24) is 10.2 Å². The van der Waals surface area contributed by atoms with Crippen molar-refractivity contribution < 1.29 is 9.18 Å². The Morgan fingerprint density at radius 1 is 1.15 bits per heavy atom. The van der Waals surface area contributed by atoms with Crippen LogP contribution in [0.25, 0.3) is 0 Å². The monoisotopic (exact) mass is 351 g/mol. The summed E-state index contributed by atoms with van der Waals surface area (Å²) in [6, 6.07) is 14.6. The van der Waals surface area contributed by atoms with Crippen LogP contribution in [0.5, 0.6) is 0 Å². The molecule has 1 spiro atoms. The minimum absolute atomic E-state index is 0.0887.